The lowest BCUT2D eigenvalue weighted by Gasteiger charge is -2.62. The molecule has 3 unspecified atom stereocenters. The number of hydrogen-bond acceptors (Lipinski definition) is 8. The number of Topliss-reactive ketones (excluding diaryl/α,β-unsaturated/α-hetero) is 6. The summed E-state index contributed by atoms with van der Waals surface area (Å²) < 4.78 is 0. The second kappa shape index (κ2) is 10.7. The predicted molar refractivity (Wildman–Crippen MR) is 161 cm³/mol. The first-order chi connectivity index (χ1) is 20.5. The first-order valence-electron chi connectivity index (χ1n) is 15.4. The molecule has 3 aliphatic carbocycles. The Morgan fingerprint density at radius 2 is 1.64 bits per heavy atom. The summed E-state index contributed by atoms with van der Waals surface area (Å²) in [5, 5.41) is 23.7. The van der Waals surface area contributed by atoms with Crippen LogP contribution >= 0.6 is 0 Å². The summed E-state index contributed by atoms with van der Waals surface area (Å²) in [5.74, 6) is -9.25. The van der Waals surface area contributed by atoms with E-state index >= 15 is 0 Å². The van der Waals surface area contributed by atoms with Gasteiger partial charge in [0.2, 0.25) is 0 Å². The number of hydrogen-bond donors (Lipinski definition) is 2. The molecular weight excluding hydrogens is 560 g/mol. The normalized spacial score (nSPS) is 31.4. The molecule has 2 aromatic rings. The number of carbonyl (C=O) groups excluding carboxylic acids is 6. The minimum atomic E-state index is -2.73. The highest BCUT2D eigenvalue weighted by atomic mass is 16.3. The Morgan fingerprint density at radius 1 is 1.00 bits per heavy atom. The van der Waals surface area contributed by atoms with Crippen molar-refractivity contribution in [3.63, 3.8) is 0 Å². The van der Waals surface area contributed by atoms with E-state index in [1.165, 1.54) is 0 Å². The number of carbonyl (C=O) groups is 6. The van der Waals surface area contributed by atoms with Gasteiger partial charge in [-0.2, -0.15) is 0 Å². The fraction of sp³-hybridized carbons (Fsp3) is 0.500. The van der Waals surface area contributed by atoms with Crippen molar-refractivity contribution in [1.29, 1.82) is 0 Å². The van der Waals surface area contributed by atoms with Crippen LogP contribution in [0.5, 0.6) is 5.75 Å². The molecular formula is C36H40O8. The topological polar surface area (TPSA) is 143 Å². The summed E-state index contributed by atoms with van der Waals surface area (Å²) >= 11 is 0. The zero-order valence-corrected chi connectivity index (χ0v) is 26.2. The molecule has 8 nitrogen and oxygen atoms in total. The largest absolute Gasteiger partial charge is 0.507 e. The molecule has 0 amide bonds. The van der Waals surface area contributed by atoms with Crippen molar-refractivity contribution in [1.82, 2.24) is 0 Å². The molecule has 3 aliphatic rings. The number of phenolic OH excluding ortho intramolecular Hbond substituents is 1. The fourth-order valence-electron chi connectivity index (χ4n) is 8.86. The third kappa shape index (κ3) is 4.28. The van der Waals surface area contributed by atoms with E-state index in [0.29, 0.717) is 23.1 Å². The van der Waals surface area contributed by atoms with Crippen LogP contribution in [0.1, 0.15) is 91.8 Å². The lowest BCUT2D eigenvalue weighted by atomic mass is 9.39. The van der Waals surface area contributed by atoms with E-state index in [-0.39, 0.29) is 42.8 Å². The molecule has 232 valence electrons. The van der Waals surface area contributed by atoms with Gasteiger partial charge < -0.3 is 10.2 Å². The zero-order valence-electron chi connectivity index (χ0n) is 26.2. The molecule has 8 heteroatoms. The third-order valence-electron chi connectivity index (χ3n) is 10.6. The lowest BCUT2D eigenvalue weighted by Crippen LogP contribution is -2.76. The van der Waals surface area contributed by atoms with E-state index in [9.17, 15) is 39.0 Å². The minimum absolute atomic E-state index is 0.0142. The Morgan fingerprint density at radius 3 is 2.20 bits per heavy atom. The monoisotopic (exact) mass is 600 g/mol. The van der Waals surface area contributed by atoms with Crippen LogP contribution in [0.2, 0.25) is 0 Å². The Bertz CT molecular complexity index is 1620. The first kappa shape index (κ1) is 31.6. The number of aryl methyl sites for hydroxylation is 2. The number of ketones is 6. The lowest BCUT2D eigenvalue weighted by molar-refractivity contribution is -0.205. The average Bonchev–Trinajstić information content (AvgIpc) is 2.94. The summed E-state index contributed by atoms with van der Waals surface area (Å²) in [4.78, 5) is 81.7. The second-order valence-corrected chi connectivity index (χ2v) is 13.9. The molecule has 2 saturated carbocycles. The van der Waals surface area contributed by atoms with Gasteiger partial charge in [-0.3, -0.25) is 28.8 Å². The van der Waals surface area contributed by atoms with Gasteiger partial charge in [0.05, 0.1) is 11.5 Å². The van der Waals surface area contributed by atoms with Gasteiger partial charge in [-0.1, -0.05) is 71.0 Å². The van der Waals surface area contributed by atoms with Crippen molar-refractivity contribution in [3.05, 3.63) is 64.2 Å². The zero-order chi connectivity index (χ0) is 32.5. The number of benzene rings is 2. The highest BCUT2D eigenvalue weighted by Crippen LogP contribution is 2.64. The fourth-order valence-corrected chi connectivity index (χ4v) is 8.86. The van der Waals surface area contributed by atoms with E-state index in [2.05, 4.69) is 0 Å². The van der Waals surface area contributed by atoms with E-state index in [4.69, 9.17) is 0 Å². The van der Waals surface area contributed by atoms with Crippen molar-refractivity contribution < 1.29 is 39.0 Å². The molecule has 0 aromatic heterocycles. The molecule has 0 aliphatic heterocycles. The first-order valence-corrected chi connectivity index (χ1v) is 15.4. The summed E-state index contributed by atoms with van der Waals surface area (Å²) in [6, 6.07) is 10.6. The van der Waals surface area contributed by atoms with Crippen LogP contribution in [0, 0.1) is 34.5 Å². The number of phenols is 1. The van der Waals surface area contributed by atoms with Gasteiger partial charge in [-0.25, -0.2) is 0 Å². The number of fused-ring (bicyclic) bond motifs is 3. The quantitative estimate of drug-likeness (QED) is 0.350. The number of aliphatic hydroxyl groups is 1. The smallest absolute Gasteiger partial charge is 0.190 e. The van der Waals surface area contributed by atoms with Crippen LogP contribution in [-0.4, -0.2) is 50.5 Å². The molecule has 6 atom stereocenters. The molecule has 44 heavy (non-hydrogen) atoms. The molecule has 5 rings (SSSR count). The summed E-state index contributed by atoms with van der Waals surface area (Å²) in [7, 11) is 0. The predicted octanol–water partition coefficient (Wildman–Crippen LogP) is 4.47. The van der Waals surface area contributed by atoms with Crippen LogP contribution in [0.4, 0.5) is 0 Å². The minimum Gasteiger partial charge on any atom is -0.507 e. The molecule has 0 radical (unpaired) electrons. The van der Waals surface area contributed by atoms with E-state index in [1.54, 1.807) is 52.0 Å². The molecule has 2 fully saturated rings. The second-order valence-electron chi connectivity index (χ2n) is 13.9. The summed E-state index contributed by atoms with van der Waals surface area (Å²) in [6.07, 6.45) is 1.01. The third-order valence-corrected chi connectivity index (χ3v) is 10.6. The van der Waals surface area contributed by atoms with Crippen LogP contribution in [0.15, 0.2) is 36.4 Å². The standard InChI is InChI=1S/C36H40O8/c1-7-20-15-22(13-14-24(38)21-11-9-8-10-12-21)29(39)26-23(20)16-34(5)17-35(6)27(18(2)3)30(40)25(19(4)37)32(42)36(35,44)33(43)28(34)31(26)41/h8-12,15,18,25,27-28,39,44H,7,13-14,16-17H2,1-6H3/t25?,27?,28?,34-,35-,36+/m1/s1. The van der Waals surface area contributed by atoms with E-state index in [1.807, 2.05) is 19.1 Å². The van der Waals surface area contributed by atoms with Crippen LogP contribution < -0.4 is 0 Å². The maximum atomic E-state index is 14.5. The molecule has 0 bridgehead atoms. The maximum Gasteiger partial charge on any atom is 0.190 e. The van der Waals surface area contributed by atoms with Crippen molar-refractivity contribution >= 4 is 34.7 Å². The van der Waals surface area contributed by atoms with Crippen molar-refractivity contribution in [2.24, 2.45) is 34.5 Å². The maximum absolute atomic E-state index is 14.5. The molecule has 2 aromatic carbocycles. The number of rotatable bonds is 7. The van der Waals surface area contributed by atoms with Gasteiger partial charge >= 0.3 is 0 Å². The van der Waals surface area contributed by atoms with Gasteiger partial charge in [0.25, 0.3) is 0 Å². The van der Waals surface area contributed by atoms with Gasteiger partial charge in [0, 0.05) is 23.3 Å². The molecule has 0 saturated heterocycles. The Labute approximate surface area is 257 Å². The highest BCUT2D eigenvalue weighted by Gasteiger charge is 2.76. The average molecular weight is 601 g/mol. The Hall–Kier alpha value is -3.78. The van der Waals surface area contributed by atoms with Crippen molar-refractivity contribution in [2.45, 2.75) is 79.2 Å². The highest BCUT2D eigenvalue weighted by molar-refractivity contribution is 6.32. The Kier molecular flexibility index (Phi) is 7.68. The SMILES string of the molecule is CCc1cc(CCC(=O)c2ccccc2)c(O)c2c1C[C@]1(C)C[C@]3(C)C(C(C)C)C(=O)C(C(C)=O)C(=O)[C@]3(O)C(=O)C1C2=O. The van der Waals surface area contributed by atoms with Gasteiger partial charge in [-0.15, -0.1) is 0 Å². The molecule has 2 N–H and O–H groups in total. The van der Waals surface area contributed by atoms with Crippen molar-refractivity contribution in [2.75, 3.05) is 0 Å². The molecule has 0 heterocycles. The van der Waals surface area contributed by atoms with Gasteiger partial charge in [0.15, 0.2) is 34.5 Å². The Balaban J connectivity index is 1.62. The number of aromatic hydroxyl groups is 1. The van der Waals surface area contributed by atoms with Crippen LogP contribution in [0.3, 0.4) is 0 Å². The van der Waals surface area contributed by atoms with E-state index in [0.717, 1.165) is 12.5 Å². The van der Waals surface area contributed by atoms with Gasteiger partial charge in [0.1, 0.15) is 17.5 Å². The van der Waals surface area contributed by atoms with E-state index < -0.39 is 69.0 Å². The summed E-state index contributed by atoms with van der Waals surface area (Å²) in [5.41, 5.74) is -3.01. The van der Waals surface area contributed by atoms with Crippen molar-refractivity contribution in [3.8, 4) is 5.75 Å². The summed E-state index contributed by atoms with van der Waals surface area (Å²) in [6.45, 7) is 9.88. The molecule has 0 spiro atoms. The van der Waals surface area contributed by atoms with Crippen LogP contribution in [-0.2, 0) is 38.4 Å². The van der Waals surface area contributed by atoms with Gasteiger partial charge in [-0.05, 0) is 60.6 Å². The van der Waals surface area contributed by atoms with Crippen LogP contribution in [0.25, 0.3) is 0 Å².